The molecule has 0 saturated carbocycles. The summed E-state index contributed by atoms with van der Waals surface area (Å²) in [6.45, 7) is 7.93. The van der Waals surface area contributed by atoms with Crippen molar-refractivity contribution in [3.63, 3.8) is 0 Å². The van der Waals surface area contributed by atoms with E-state index in [0.29, 0.717) is 0 Å². The average molecular weight is 377 g/mol. The maximum Gasteiger partial charge on any atom is 0.0941 e. The molecule has 1 unspecified atom stereocenters. The highest BCUT2D eigenvalue weighted by Gasteiger charge is 2.45. The summed E-state index contributed by atoms with van der Waals surface area (Å²) in [5.74, 6) is 0. The van der Waals surface area contributed by atoms with Gasteiger partial charge in [0.25, 0.3) is 0 Å². The normalized spacial score (nSPS) is 22.4. The van der Waals surface area contributed by atoms with Gasteiger partial charge in [0.05, 0.1) is 16.8 Å². The van der Waals surface area contributed by atoms with Crippen LogP contribution in [0.3, 0.4) is 0 Å². The van der Waals surface area contributed by atoms with Gasteiger partial charge in [0.15, 0.2) is 0 Å². The number of hydrogen-bond donors (Lipinski definition) is 1. The first-order valence-electron chi connectivity index (χ1n) is 10.3. The number of aromatic nitrogens is 3. The van der Waals surface area contributed by atoms with E-state index in [1.54, 1.807) is 0 Å². The lowest BCUT2D eigenvalue weighted by Gasteiger charge is -2.25. The van der Waals surface area contributed by atoms with Crippen molar-refractivity contribution in [2.75, 3.05) is 19.6 Å². The molecule has 5 nitrogen and oxygen atoms in total. The summed E-state index contributed by atoms with van der Waals surface area (Å²) in [6.07, 6.45) is 5.11. The summed E-state index contributed by atoms with van der Waals surface area (Å²) in [7, 11) is 0. The van der Waals surface area contributed by atoms with E-state index >= 15 is 0 Å². The SMILES string of the molecule is CC(C)(O)CCN1CCC2(CCn3nc(-c4cnc5ccccc5c4)cc32)C1. The molecule has 1 aromatic carbocycles. The van der Waals surface area contributed by atoms with Gasteiger partial charge < -0.3 is 10.0 Å². The molecule has 0 radical (unpaired) electrons. The first kappa shape index (κ1) is 17.8. The monoisotopic (exact) mass is 376 g/mol. The van der Waals surface area contributed by atoms with Gasteiger partial charge in [0.1, 0.15) is 0 Å². The number of benzene rings is 1. The van der Waals surface area contributed by atoms with Crippen LogP contribution in [0, 0.1) is 0 Å². The molecule has 3 aromatic rings. The molecule has 2 aliphatic heterocycles. The number of nitrogens with zero attached hydrogens (tertiary/aromatic N) is 4. The van der Waals surface area contributed by atoms with Gasteiger partial charge in [-0.25, -0.2) is 0 Å². The van der Waals surface area contributed by atoms with Crippen molar-refractivity contribution in [3.8, 4) is 11.3 Å². The zero-order valence-corrected chi connectivity index (χ0v) is 16.7. The molecule has 1 spiro atoms. The first-order valence-corrected chi connectivity index (χ1v) is 10.3. The Balaban J connectivity index is 1.40. The summed E-state index contributed by atoms with van der Waals surface area (Å²) in [5, 5.41) is 16.1. The molecule has 1 saturated heterocycles. The highest BCUT2D eigenvalue weighted by atomic mass is 16.3. The molecule has 0 amide bonds. The van der Waals surface area contributed by atoms with Crippen molar-refractivity contribution in [1.82, 2.24) is 19.7 Å². The summed E-state index contributed by atoms with van der Waals surface area (Å²) >= 11 is 0. The highest BCUT2D eigenvalue weighted by molar-refractivity contribution is 5.82. The van der Waals surface area contributed by atoms with Crippen LogP contribution < -0.4 is 0 Å². The van der Waals surface area contributed by atoms with E-state index in [9.17, 15) is 5.11 Å². The predicted octanol–water partition coefficient (Wildman–Crippen LogP) is 3.61. The van der Waals surface area contributed by atoms with Gasteiger partial charge in [-0.15, -0.1) is 0 Å². The van der Waals surface area contributed by atoms with Crippen molar-refractivity contribution in [1.29, 1.82) is 0 Å². The number of fused-ring (bicyclic) bond motifs is 3. The number of hydrogen-bond acceptors (Lipinski definition) is 4. The molecule has 2 aromatic heterocycles. The lowest BCUT2D eigenvalue weighted by Crippen LogP contribution is -2.33. The molecule has 28 heavy (non-hydrogen) atoms. The van der Waals surface area contributed by atoms with Gasteiger partial charge in [0, 0.05) is 47.9 Å². The predicted molar refractivity (Wildman–Crippen MR) is 111 cm³/mol. The fraction of sp³-hybridized carbons (Fsp3) is 0.478. The lowest BCUT2D eigenvalue weighted by atomic mass is 9.82. The fourth-order valence-corrected chi connectivity index (χ4v) is 4.81. The van der Waals surface area contributed by atoms with E-state index in [4.69, 9.17) is 5.10 Å². The zero-order chi connectivity index (χ0) is 19.4. The standard InChI is InChI=1S/C23H28N4O/c1-22(2,28)7-10-26-11-8-23(16-26)9-12-27-21(23)14-20(25-27)18-13-17-5-3-4-6-19(17)24-15-18/h3-6,13-15,28H,7-12,16H2,1-2H3. The van der Waals surface area contributed by atoms with Crippen molar-refractivity contribution in [2.24, 2.45) is 0 Å². The Labute approximate surface area is 166 Å². The minimum absolute atomic E-state index is 0.217. The molecule has 5 heteroatoms. The second-order valence-electron chi connectivity index (χ2n) is 9.17. The topological polar surface area (TPSA) is 54.2 Å². The molecule has 1 atom stereocenters. The third-order valence-electron chi connectivity index (χ3n) is 6.48. The van der Waals surface area contributed by atoms with Gasteiger partial charge in [-0.1, -0.05) is 18.2 Å². The Morgan fingerprint density at radius 2 is 1.96 bits per heavy atom. The zero-order valence-electron chi connectivity index (χ0n) is 16.7. The number of aryl methyl sites for hydroxylation is 1. The lowest BCUT2D eigenvalue weighted by molar-refractivity contribution is 0.0598. The number of likely N-dealkylation sites (tertiary alicyclic amines) is 1. The highest BCUT2D eigenvalue weighted by Crippen LogP contribution is 2.43. The molecule has 4 heterocycles. The van der Waals surface area contributed by atoms with Crippen LogP contribution in [0.2, 0.25) is 0 Å². The van der Waals surface area contributed by atoms with Crippen LogP contribution in [0.1, 0.15) is 38.8 Å². The fourth-order valence-electron chi connectivity index (χ4n) is 4.81. The first-order chi connectivity index (χ1) is 13.4. The molecule has 0 aliphatic carbocycles. The molecule has 5 rings (SSSR count). The summed E-state index contributed by atoms with van der Waals surface area (Å²) in [5.41, 5.74) is 4.14. The third kappa shape index (κ3) is 3.12. The Morgan fingerprint density at radius 1 is 1.14 bits per heavy atom. The van der Waals surface area contributed by atoms with Crippen LogP contribution in [-0.4, -0.2) is 50.0 Å². The van der Waals surface area contributed by atoms with Gasteiger partial charge in [-0.05, 0) is 57.9 Å². The minimum Gasteiger partial charge on any atom is -0.390 e. The maximum absolute atomic E-state index is 10.1. The van der Waals surface area contributed by atoms with Crippen LogP contribution in [0.15, 0.2) is 42.6 Å². The largest absolute Gasteiger partial charge is 0.390 e. The molecule has 0 bridgehead atoms. The Bertz CT molecular complexity index is 1020. The number of aliphatic hydroxyl groups is 1. The quantitative estimate of drug-likeness (QED) is 0.756. The molecule has 1 N–H and O–H groups in total. The van der Waals surface area contributed by atoms with E-state index in [1.807, 2.05) is 32.2 Å². The van der Waals surface area contributed by atoms with Crippen LogP contribution in [0.5, 0.6) is 0 Å². The van der Waals surface area contributed by atoms with Crippen molar-refractivity contribution in [3.05, 3.63) is 48.3 Å². The van der Waals surface area contributed by atoms with Crippen molar-refractivity contribution in [2.45, 2.75) is 50.7 Å². The van der Waals surface area contributed by atoms with E-state index in [0.717, 1.165) is 54.8 Å². The van der Waals surface area contributed by atoms with E-state index in [2.05, 4.69) is 38.8 Å². The van der Waals surface area contributed by atoms with Crippen molar-refractivity contribution >= 4 is 10.9 Å². The number of pyridine rings is 1. The van der Waals surface area contributed by atoms with Gasteiger partial charge in [0.2, 0.25) is 0 Å². The van der Waals surface area contributed by atoms with E-state index < -0.39 is 5.60 Å². The summed E-state index contributed by atoms with van der Waals surface area (Å²) in [6, 6.07) is 12.7. The van der Waals surface area contributed by atoms with Gasteiger partial charge >= 0.3 is 0 Å². The van der Waals surface area contributed by atoms with Crippen molar-refractivity contribution < 1.29 is 5.11 Å². The van der Waals surface area contributed by atoms with Crippen LogP contribution in [-0.2, 0) is 12.0 Å². The summed E-state index contributed by atoms with van der Waals surface area (Å²) in [4.78, 5) is 7.12. The Morgan fingerprint density at radius 3 is 2.82 bits per heavy atom. The van der Waals surface area contributed by atoms with Gasteiger partial charge in [-0.2, -0.15) is 5.10 Å². The van der Waals surface area contributed by atoms with E-state index in [1.165, 1.54) is 18.5 Å². The van der Waals surface area contributed by atoms with E-state index in [-0.39, 0.29) is 5.41 Å². The molecule has 146 valence electrons. The minimum atomic E-state index is -0.594. The van der Waals surface area contributed by atoms with Crippen LogP contribution >= 0.6 is 0 Å². The molecule has 1 fully saturated rings. The smallest absolute Gasteiger partial charge is 0.0941 e. The molecular weight excluding hydrogens is 348 g/mol. The Hall–Kier alpha value is -2.24. The second kappa shape index (κ2) is 6.39. The molecule has 2 aliphatic rings. The third-order valence-corrected chi connectivity index (χ3v) is 6.48. The maximum atomic E-state index is 10.1. The van der Waals surface area contributed by atoms with Gasteiger partial charge in [-0.3, -0.25) is 9.67 Å². The summed E-state index contributed by atoms with van der Waals surface area (Å²) < 4.78 is 2.21. The Kier molecular flexibility index (Phi) is 4.07. The number of para-hydroxylation sites is 1. The second-order valence-corrected chi connectivity index (χ2v) is 9.17. The molecular formula is C23H28N4O. The van der Waals surface area contributed by atoms with Crippen LogP contribution in [0.25, 0.3) is 22.2 Å². The number of rotatable bonds is 4. The van der Waals surface area contributed by atoms with Crippen LogP contribution in [0.4, 0.5) is 0 Å². The average Bonchev–Trinajstić information content (AvgIpc) is 3.36.